The van der Waals surface area contributed by atoms with Gasteiger partial charge in [0, 0.05) is 16.1 Å². The summed E-state index contributed by atoms with van der Waals surface area (Å²) in [7, 11) is 1.59. The lowest BCUT2D eigenvalue weighted by atomic mass is 10.1. The zero-order valence-electron chi connectivity index (χ0n) is 15.6. The minimum atomic E-state index is -0.338. The molecular weight excluding hydrogens is 388 g/mol. The van der Waals surface area contributed by atoms with E-state index in [1.807, 2.05) is 30.3 Å². The van der Waals surface area contributed by atoms with Crippen LogP contribution in [-0.4, -0.2) is 13.0 Å². The van der Waals surface area contributed by atoms with Crippen molar-refractivity contribution in [1.82, 2.24) is 0 Å². The van der Waals surface area contributed by atoms with Crippen molar-refractivity contribution in [3.8, 4) is 5.75 Å². The van der Waals surface area contributed by atoms with E-state index in [0.717, 1.165) is 0 Å². The van der Waals surface area contributed by atoms with Crippen LogP contribution in [0.15, 0.2) is 88.3 Å². The van der Waals surface area contributed by atoms with E-state index in [2.05, 4.69) is 10.3 Å². The number of fused-ring (bicyclic) bond motifs is 1. The lowest BCUT2D eigenvalue weighted by molar-refractivity contribution is 0.102. The second kappa shape index (κ2) is 8.20. The highest BCUT2D eigenvalue weighted by atomic mass is 35.5. The number of nitrogens with one attached hydrogen (secondary N) is 1. The molecule has 1 aromatic heterocycles. The van der Waals surface area contributed by atoms with Gasteiger partial charge in [-0.15, -0.1) is 0 Å². The minimum Gasteiger partial charge on any atom is -0.497 e. The number of hydrogen-bond donors (Lipinski definition) is 1. The summed E-state index contributed by atoms with van der Waals surface area (Å²) in [4.78, 5) is 17.5. The van der Waals surface area contributed by atoms with Crippen molar-refractivity contribution in [2.24, 2.45) is 4.99 Å². The van der Waals surface area contributed by atoms with Crippen molar-refractivity contribution in [2.75, 3.05) is 12.4 Å². The quantitative estimate of drug-likeness (QED) is 0.483. The van der Waals surface area contributed by atoms with Crippen LogP contribution in [0.4, 0.5) is 11.4 Å². The molecule has 0 aliphatic rings. The zero-order chi connectivity index (χ0) is 20.2. The summed E-state index contributed by atoms with van der Waals surface area (Å²) in [5, 5.41) is 4.14. The van der Waals surface area contributed by atoms with E-state index in [1.165, 1.54) is 0 Å². The van der Waals surface area contributed by atoms with Crippen molar-refractivity contribution in [3.05, 3.63) is 95.0 Å². The molecule has 4 rings (SSSR count). The standard InChI is InChI=1S/C23H17ClN2O3/c1-28-19-10-8-18(9-11-19)25-22(27)20-14-15-13-16(24)7-12-21(15)29-23(20)26-17-5-3-2-4-6-17/h2-14H,1H3,(H,25,27). The Labute approximate surface area is 172 Å². The Balaban J connectivity index is 1.80. The average Bonchev–Trinajstić information content (AvgIpc) is 2.74. The van der Waals surface area contributed by atoms with Crippen LogP contribution in [0.2, 0.25) is 5.02 Å². The van der Waals surface area contributed by atoms with E-state index in [4.69, 9.17) is 20.8 Å². The Morgan fingerprint density at radius 3 is 2.48 bits per heavy atom. The van der Waals surface area contributed by atoms with Crippen molar-refractivity contribution < 1.29 is 13.9 Å². The summed E-state index contributed by atoms with van der Waals surface area (Å²) in [6, 6.07) is 23.4. The van der Waals surface area contributed by atoms with Gasteiger partial charge in [-0.1, -0.05) is 29.8 Å². The van der Waals surface area contributed by atoms with Crippen molar-refractivity contribution >= 4 is 39.9 Å². The molecule has 0 fully saturated rings. The van der Waals surface area contributed by atoms with E-state index in [-0.39, 0.29) is 11.5 Å². The van der Waals surface area contributed by atoms with E-state index in [0.29, 0.717) is 38.7 Å². The van der Waals surface area contributed by atoms with Gasteiger partial charge in [0.25, 0.3) is 5.91 Å². The van der Waals surface area contributed by atoms with Gasteiger partial charge < -0.3 is 14.5 Å². The Morgan fingerprint density at radius 2 is 1.76 bits per heavy atom. The third-order valence-corrected chi connectivity index (χ3v) is 4.52. The number of methoxy groups -OCH3 is 1. The maximum atomic E-state index is 13.0. The summed E-state index contributed by atoms with van der Waals surface area (Å²) in [5.41, 5.74) is 2.43. The van der Waals surface area contributed by atoms with Crippen LogP contribution in [0, 0.1) is 0 Å². The third-order valence-electron chi connectivity index (χ3n) is 4.29. The smallest absolute Gasteiger partial charge is 0.261 e. The van der Waals surface area contributed by atoms with Crippen LogP contribution in [0.1, 0.15) is 10.4 Å². The molecule has 1 amide bonds. The molecule has 4 aromatic rings. The van der Waals surface area contributed by atoms with Gasteiger partial charge in [-0.05, 0) is 60.7 Å². The van der Waals surface area contributed by atoms with Crippen LogP contribution < -0.4 is 15.6 Å². The molecule has 6 heteroatoms. The summed E-state index contributed by atoms with van der Waals surface area (Å²) in [5.74, 6) is 0.369. The maximum absolute atomic E-state index is 13.0. The van der Waals surface area contributed by atoms with Gasteiger partial charge in [-0.25, -0.2) is 4.99 Å². The summed E-state index contributed by atoms with van der Waals surface area (Å²) < 4.78 is 11.1. The number of carbonyl (C=O) groups excluding carboxylic acids is 1. The lowest BCUT2D eigenvalue weighted by Crippen LogP contribution is -2.21. The van der Waals surface area contributed by atoms with Gasteiger partial charge in [-0.3, -0.25) is 4.79 Å². The molecule has 1 N–H and O–H groups in total. The maximum Gasteiger partial charge on any atom is 0.261 e. The predicted octanol–water partition coefficient (Wildman–Crippen LogP) is 5.58. The first kappa shape index (κ1) is 18.8. The van der Waals surface area contributed by atoms with Crippen molar-refractivity contribution in [1.29, 1.82) is 0 Å². The van der Waals surface area contributed by atoms with Gasteiger partial charge in [0.05, 0.1) is 12.8 Å². The highest BCUT2D eigenvalue weighted by molar-refractivity contribution is 6.31. The average molecular weight is 405 g/mol. The normalized spacial score (nSPS) is 11.4. The molecule has 144 valence electrons. The monoisotopic (exact) mass is 404 g/mol. The van der Waals surface area contributed by atoms with Crippen molar-refractivity contribution in [3.63, 3.8) is 0 Å². The number of halogens is 1. The SMILES string of the molecule is COc1ccc(NC(=O)c2cc3cc(Cl)ccc3oc2=Nc2ccccc2)cc1. The molecule has 0 spiro atoms. The van der Waals surface area contributed by atoms with Crippen LogP contribution >= 0.6 is 11.6 Å². The molecule has 29 heavy (non-hydrogen) atoms. The van der Waals surface area contributed by atoms with Gasteiger partial charge in [0.15, 0.2) is 0 Å². The minimum absolute atomic E-state index is 0.219. The van der Waals surface area contributed by atoms with Gasteiger partial charge in [0.1, 0.15) is 16.9 Å². The summed E-state index contributed by atoms with van der Waals surface area (Å²) >= 11 is 6.10. The molecule has 0 aliphatic heterocycles. The largest absolute Gasteiger partial charge is 0.497 e. The number of ether oxygens (including phenoxy) is 1. The van der Waals surface area contributed by atoms with Gasteiger partial charge in [0.2, 0.25) is 5.55 Å². The Bertz CT molecular complexity index is 1230. The van der Waals surface area contributed by atoms with Gasteiger partial charge >= 0.3 is 0 Å². The zero-order valence-corrected chi connectivity index (χ0v) is 16.3. The molecule has 0 saturated carbocycles. The van der Waals surface area contributed by atoms with E-state index < -0.39 is 0 Å². The molecule has 0 saturated heterocycles. The fraction of sp³-hybridized carbons (Fsp3) is 0.0435. The first-order chi connectivity index (χ1) is 14.1. The summed E-state index contributed by atoms with van der Waals surface area (Å²) in [6.45, 7) is 0. The first-order valence-corrected chi connectivity index (χ1v) is 9.29. The van der Waals surface area contributed by atoms with Crippen LogP contribution in [-0.2, 0) is 0 Å². The predicted molar refractivity (Wildman–Crippen MR) is 114 cm³/mol. The van der Waals surface area contributed by atoms with E-state index >= 15 is 0 Å². The number of hydrogen-bond acceptors (Lipinski definition) is 4. The van der Waals surface area contributed by atoms with Crippen LogP contribution in [0.5, 0.6) is 5.75 Å². The molecule has 5 nitrogen and oxygen atoms in total. The number of nitrogens with zero attached hydrogens (tertiary/aromatic N) is 1. The van der Waals surface area contributed by atoms with Crippen LogP contribution in [0.3, 0.4) is 0 Å². The Hall–Kier alpha value is -3.57. The molecular formula is C23H17ClN2O3. The lowest BCUT2D eigenvalue weighted by Gasteiger charge is -2.08. The third kappa shape index (κ3) is 4.31. The van der Waals surface area contributed by atoms with Crippen molar-refractivity contribution in [2.45, 2.75) is 0 Å². The molecule has 1 heterocycles. The highest BCUT2D eigenvalue weighted by Gasteiger charge is 2.13. The fourth-order valence-electron chi connectivity index (χ4n) is 2.84. The van der Waals surface area contributed by atoms with E-state index in [1.54, 1.807) is 55.6 Å². The number of carbonyl (C=O) groups is 1. The molecule has 0 radical (unpaired) electrons. The number of anilines is 1. The second-order valence-electron chi connectivity index (χ2n) is 6.28. The van der Waals surface area contributed by atoms with E-state index in [9.17, 15) is 4.79 Å². The highest BCUT2D eigenvalue weighted by Crippen LogP contribution is 2.21. The van der Waals surface area contributed by atoms with Crippen LogP contribution in [0.25, 0.3) is 11.0 Å². The number of rotatable bonds is 4. The summed E-state index contributed by atoms with van der Waals surface area (Å²) in [6.07, 6.45) is 0. The topological polar surface area (TPSA) is 63.8 Å². The number of para-hydroxylation sites is 1. The molecule has 0 atom stereocenters. The Morgan fingerprint density at radius 1 is 1.00 bits per heavy atom. The first-order valence-electron chi connectivity index (χ1n) is 8.91. The molecule has 3 aromatic carbocycles. The molecule has 0 aliphatic carbocycles. The molecule has 0 unspecified atom stereocenters. The number of benzene rings is 3. The Kier molecular flexibility index (Phi) is 5.31. The fourth-order valence-corrected chi connectivity index (χ4v) is 3.02. The molecule has 0 bridgehead atoms. The van der Waals surface area contributed by atoms with Gasteiger partial charge in [-0.2, -0.15) is 0 Å². The number of amides is 1. The second-order valence-corrected chi connectivity index (χ2v) is 6.71.